The maximum atomic E-state index is 12.9. The van der Waals surface area contributed by atoms with Crippen molar-refractivity contribution in [2.75, 3.05) is 40.9 Å². The van der Waals surface area contributed by atoms with Gasteiger partial charge in [0.2, 0.25) is 5.91 Å². The molecule has 0 bridgehead atoms. The number of unbranched alkanes of at least 4 members (excludes halogenated alkanes) is 31. The Bertz CT molecular complexity index is 1200. The molecule has 0 saturated heterocycles. The van der Waals surface area contributed by atoms with Crippen molar-refractivity contribution in [3.05, 3.63) is 48.6 Å². The highest BCUT2D eigenvalue weighted by Gasteiger charge is 2.23. The van der Waals surface area contributed by atoms with Crippen molar-refractivity contribution in [3.8, 4) is 0 Å². The molecular formula is C56H107N2O6P. The maximum absolute atomic E-state index is 12.9. The van der Waals surface area contributed by atoms with E-state index in [2.05, 4.69) is 55.6 Å². The minimum atomic E-state index is -4.60. The molecule has 0 aliphatic carbocycles. The van der Waals surface area contributed by atoms with Crippen LogP contribution in [0.4, 0.5) is 0 Å². The predicted octanol–water partition coefficient (Wildman–Crippen LogP) is 15.7. The summed E-state index contributed by atoms with van der Waals surface area (Å²) >= 11 is 0. The number of nitrogens with zero attached hydrogens (tertiary/aromatic N) is 1. The lowest BCUT2D eigenvalue weighted by atomic mass is 10.0. The third-order valence-corrected chi connectivity index (χ3v) is 13.2. The Labute approximate surface area is 403 Å². The van der Waals surface area contributed by atoms with Crippen LogP contribution < -0.4 is 10.2 Å². The number of aliphatic hydroxyl groups is 1. The highest BCUT2D eigenvalue weighted by molar-refractivity contribution is 7.45. The van der Waals surface area contributed by atoms with Crippen LogP contribution in [0, 0.1) is 0 Å². The first kappa shape index (κ1) is 63.5. The van der Waals surface area contributed by atoms with E-state index in [4.69, 9.17) is 9.05 Å². The second kappa shape index (κ2) is 47.5. The van der Waals surface area contributed by atoms with Crippen LogP contribution in [0.3, 0.4) is 0 Å². The van der Waals surface area contributed by atoms with Crippen molar-refractivity contribution in [1.29, 1.82) is 0 Å². The molecule has 0 aromatic rings. The van der Waals surface area contributed by atoms with Crippen LogP contribution in [-0.4, -0.2) is 68.5 Å². The molecule has 9 heteroatoms. The van der Waals surface area contributed by atoms with Crippen molar-refractivity contribution in [1.82, 2.24) is 5.32 Å². The first-order valence-corrected chi connectivity index (χ1v) is 29.0. The molecule has 1 amide bonds. The van der Waals surface area contributed by atoms with Crippen molar-refractivity contribution < 1.29 is 32.9 Å². The Morgan fingerprint density at radius 2 is 0.862 bits per heavy atom. The normalized spacial score (nSPS) is 14.4. The molecule has 2 N–H and O–H groups in total. The monoisotopic (exact) mass is 935 g/mol. The first-order chi connectivity index (χ1) is 31.5. The van der Waals surface area contributed by atoms with E-state index in [1.54, 1.807) is 6.08 Å². The summed E-state index contributed by atoms with van der Waals surface area (Å²) in [5, 5.41) is 13.8. The number of carbonyl (C=O) groups excluding carboxylic acids is 1. The molecule has 0 heterocycles. The zero-order valence-electron chi connectivity index (χ0n) is 43.4. The van der Waals surface area contributed by atoms with E-state index < -0.39 is 26.6 Å². The Morgan fingerprint density at radius 3 is 1.25 bits per heavy atom. The molecular weight excluding hydrogens is 828 g/mol. The van der Waals surface area contributed by atoms with Gasteiger partial charge in [-0.15, -0.1) is 0 Å². The fraction of sp³-hybridized carbons (Fsp3) is 0.839. The molecule has 0 aromatic carbocycles. The number of likely N-dealkylation sites (N-methyl/N-ethyl adjacent to an activating group) is 1. The Hall–Kier alpha value is -1.54. The molecule has 8 nitrogen and oxygen atoms in total. The van der Waals surface area contributed by atoms with Gasteiger partial charge in [-0.25, -0.2) is 0 Å². The minimum Gasteiger partial charge on any atom is -0.756 e. The third kappa shape index (κ3) is 50.2. The summed E-state index contributed by atoms with van der Waals surface area (Å²) in [5.41, 5.74) is 0. The number of carbonyl (C=O) groups is 1. The van der Waals surface area contributed by atoms with Crippen molar-refractivity contribution >= 4 is 13.7 Å². The average molecular weight is 935 g/mol. The van der Waals surface area contributed by atoms with Gasteiger partial charge in [-0.3, -0.25) is 9.36 Å². The fourth-order valence-corrected chi connectivity index (χ4v) is 8.61. The molecule has 0 saturated carbocycles. The lowest BCUT2D eigenvalue weighted by Gasteiger charge is -2.29. The smallest absolute Gasteiger partial charge is 0.268 e. The van der Waals surface area contributed by atoms with E-state index in [-0.39, 0.29) is 12.5 Å². The second-order valence-corrected chi connectivity index (χ2v) is 21.3. The topological polar surface area (TPSA) is 108 Å². The van der Waals surface area contributed by atoms with Gasteiger partial charge in [-0.2, -0.15) is 0 Å². The van der Waals surface area contributed by atoms with E-state index in [0.29, 0.717) is 17.4 Å². The fourth-order valence-electron chi connectivity index (χ4n) is 7.89. The molecule has 0 aliphatic rings. The quantitative estimate of drug-likeness (QED) is 0.0272. The van der Waals surface area contributed by atoms with Gasteiger partial charge < -0.3 is 28.8 Å². The number of quaternary nitrogens is 1. The zero-order valence-corrected chi connectivity index (χ0v) is 44.3. The summed E-state index contributed by atoms with van der Waals surface area (Å²) in [7, 11) is 1.24. The summed E-state index contributed by atoms with van der Waals surface area (Å²) in [4.78, 5) is 25.4. The van der Waals surface area contributed by atoms with Gasteiger partial charge in [0, 0.05) is 6.42 Å². The van der Waals surface area contributed by atoms with Crippen LogP contribution in [0.25, 0.3) is 0 Å². The number of rotatable bonds is 50. The summed E-state index contributed by atoms with van der Waals surface area (Å²) in [6, 6.07) is -0.909. The van der Waals surface area contributed by atoms with Crippen LogP contribution in [-0.2, 0) is 18.4 Å². The van der Waals surface area contributed by atoms with Crippen molar-refractivity contribution in [2.24, 2.45) is 0 Å². The number of phosphoric acid groups is 1. The number of phosphoric ester groups is 1. The van der Waals surface area contributed by atoms with Gasteiger partial charge in [0.05, 0.1) is 39.9 Å². The molecule has 0 aliphatic heterocycles. The standard InChI is InChI=1S/C56H107N2O6P/c1-6-8-10-12-14-16-18-20-22-24-25-26-27-28-29-30-31-32-33-34-36-38-40-42-44-46-48-50-56(60)57-54(53-64-65(61,62)63-52-51-58(3,4)5)55(59)49-47-45-43-41-39-37-35-23-21-19-17-15-13-11-9-7-2/h21,23-25,39,41,47,49,54-55,59H,6-20,22,26-38,40,42-46,48,50-53H2,1-5H3,(H-,57,60,61,62)/b23-21+,25-24-,41-39+,49-47+. The molecule has 0 rings (SSSR count). The zero-order chi connectivity index (χ0) is 47.8. The summed E-state index contributed by atoms with van der Waals surface area (Å²) in [5.74, 6) is -0.210. The van der Waals surface area contributed by atoms with Gasteiger partial charge in [0.15, 0.2) is 0 Å². The summed E-state index contributed by atoms with van der Waals surface area (Å²) in [6.45, 7) is 4.62. The molecule has 3 unspecified atom stereocenters. The Kier molecular flexibility index (Phi) is 46.4. The molecule has 3 atom stereocenters. The largest absolute Gasteiger partial charge is 0.756 e. The average Bonchev–Trinajstić information content (AvgIpc) is 3.26. The Balaban J connectivity index is 4.21. The van der Waals surface area contributed by atoms with Gasteiger partial charge in [0.1, 0.15) is 13.2 Å². The molecule has 382 valence electrons. The second-order valence-electron chi connectivity index (χ2n) is 19.9. The van der Waals surface area contributed by atoms with Crippen molar-refractivity contribution in [3.63, 3.8) is 0 Å². The lowest BCUT2D eigenvalue weighted by molar-refractivity contribution is -0.870. The number of hydrogen-bond acceptors (Lipinski definition) is 6. The maximum Gasteiger partial charge on any atom is 0.268 e. The van der Waals surface area contributed by atoms with Gasteiger partial charge in [0.25, 0.3) is 7.82 Å². The van der Waals surface area contributed by atoms with Crippen LogP contribution in [0.15, 0.2) is 48.6 Å². The van der Waals surface area contributed by atoms with E-state index in [1.807, 2.05) is 27.2 Å². The predicted molar refractivity (Wildman–Crippen MR) is 279 cm³/mol. The third-order valence-electron chi connectivity index (χ3n) is 12.2. The number of aliphatic hydroxyl groups excluding tert-OH is 1. The van der Waals surface area contributed by atoms with Gasteiger partial charge in [-0.05, 0) is 70.6 Å². The number of hydrogen-bond donors (Lipinski definition) is 2. The number of amides is 1. The van der Waals surface area contributed by atoms with Crippen LogP contribution in [0.1, 0.15) is 251 Å². The van der Waals surface area contributed by atoms with Gasteiger partial charge >= 0.3 is 0 Å². The minimum absolute atomic E-state index is 0.00897. The first-order valence-electron chi connectivity index (χ1n) is 27.5. The number of allylic oxidation sites excluding steroid dienone is 7. The van der Waals surface area contributed by atoms with Crippen LogP contribution in [0.5, 0.6) is 0 Å². The highest BCUT2D eigenvalue weighted by Crippen LogP contribution is 2.38. The summed E-state index contributed by atoms with van der Waals surface area (Å²) < 4.78 is 23.3. The molecule has 0 fully saturated rings. The highest BCUT2D eigenvalue weighted by atomic mass is 31.2. The molecule has 65 heavy (non-hydrogen) atoms. The molecule has 0 radical (unpaired) electrons. The van der Waals surface area contributed by atoms with Crippen molar-refractivity contribution in [2.45, 2.75) is 264 Å². The summed E-state index contributed by atoms with van der Waals surface area (Å²) in [6.07, 6.45) is 61.9. The van der Waals surface area contributed by atoms with Crippen LogP contribution in [0.2, 0.25) is 0 Å². The van der Waals surface area contributed by atoms with Crippen LogP contribution >= 0.6 is 7.82 Å². The van der Waals surface area contributed by atoms with E-state index >= 15 is 0 Å². The Morgan fingerprint density at radius 1 is 0.523 bits per heavy atom. The van der Waals surface area contributed by atoms with E-state index in [9.17, 15) is 19.4 Å². The van der Waals surface area contributed by atoms with E-state index in [0.717, 1.165) is 44.9 Å². The number of nitrogens with one attached hydrogen (secondary N) is 1. The SMILES string of the molecule is CCCCCCCC/C=C/CC/C=C/CC/C=C/C(O)C(COP(=O)([O-])OCC[N+](C)(C)C)NC(=O)CCCCCCCCCCCCCCCCC/C=C\CCCCCCCCCC. The van der Waals surface area contributed by atoms with E-state index in [1.165, 1.54) is 186 Å². The van der Waals surface area contributed by atoms with Gasteiger partial charge in [-0.1, -0.05) is 223 Å². The lowest BCUT2D eigenvalue weighted by Crippen LogP contribution is -2.45. The molecule has 0 spiro atoms. The molecule has 0 aromatic heterocycles.